The van der Waals surface area contributed by atoms with Gasteiger partial charge in [-0.25, -0.2) is 9.98 Å². The molecule has 6 rings (SSSR count). The molecule has 0 aliphatic carbocycles. The van der Waals surface area contributed by atoms with E-state index in [4.69, 9.17) is 18.9 Å². The van der Waals surface area contributed by atoms with E-state index in [2.05, 4.69) is 19.9 Å². The van der Waals surface area contributed by atoms with Gasteiger partial charge in [0.25, 0.3) is 5.56 Å². The Morgan fingerprint density at radius 3 is 2.20 bits per heavy atom. The Balaban J connectivity index is 1.34. The first-order valence-corrected chi connectivity index (χ1v) is 14.8. The molecule has 12 nitrogen and oxygen atoms in total. The van der Waals surface area contributed by atoms with Crippen molar-refractivity contribution in [3.63, 3.8) is 0 Å². The van der Waals surface area contributed by atoms with E-state index in [0.29, 0.717) is 0 Å². The van der Waals surface area contributed by atoms with Gasteiger partial charge in [-0.15, -0.1) is 0 Å². The number of benzene rings is 3. The Labute approximate surface area is 265 Å². The van der Waals surface area contributed by atoms with Crippen LogP contribution in [0.5, 0.6) is 11.5 Å². The third kappa shape index (κ3) is 5.97. The highest BCUT2D eigenvalue weighted by Gasteiger charge is 2.42. The molecule has 2 N–H and O–H groups in total. The number of aliphatic hydroxyl groups excluding tert-OH is 1. The van der Waals surface area contributed by atoms with Crippen LogP contribution in [0.2, 0.25) is 0 Å². The number of hydrogen-bond donors (Lipinski definition) is 2. The summed E-state index contributed by atoms with van der Waals surface area (Å²) in [7, 11) is 6.88. The lowest BCUT2D eigenvalue weighted by Crippen LogP contribution is -2.35. The van der Waals surface area contributed by atoms with Crippen LogP contribution < -0.4 is 15.0 Å². The number of aromatic amines is 1. The zero-order valence-electron chi connectivity index (χ0n) is 26.0. The van der Waals surface area contributed by atoms with E-state index >= 15 is 0 Å². The molecule has 46 heavy (non-hydrogen) atoms. The van der Waals surface area contributed by atoms with E-state index in [1.54, 1.807) is 23.7 Å². The van der Waals surface area contributed by atoms with Crippen LogP contribution in [0.15, 0.2) is 95.0 Å². The van der Waals surface area contributed by atoms with Gasteiger partial charge in [0.05, 0.1) is 39.6 Å². The maximum Gasteiger partial charge on any atom is 0.280 e. The number of methoxy groups -OCH3 is 2. The first kappa shape index (κ1) is 31.0. The quantitative estimate of drug-likeness (QED) is 0.127. The van der Waals surface area contributed by atoms with Gasteiger partial charge in [-0.3, -0.25) is 14.3 Å². The highest BCUT2D eigenvalue weighted by atomic mass is 16.6. The van der Waals surface area contributed by atoms with Crippen molar-refractivity contribution in [3.05, 3.63) is 112 Å². The minimum atomic E-state index is -1.04. The summed E-state index contributed by atoms with van der Waals surface area (Å²) in [5.41, 5.74) is 1.59. The van der Waals surface area contributed by atoms with Crippen molar-refractivity contribution in [3.8, 4) is 11.5 Å². The zero-order valence-corrected chi connectivity index (χ0v) is 26.0. The molecule has 0 saturated carbocycles. The second-order valence-electron chi connectivity index (χ2n) is 11.2. The Bertz CT molecular complexity index is 1810. The van der Waals surface area contributed by atoms with Crippen LogP contribution in [-0.4, -0.2) is 83.0 Å². The molecule has 0 unspecified atom stereocenters. The van der Waals surface area contributed by atoms with Crippen LogP contribution >= 0.6 is 0 Å². The summed E-state index contributed by atoms with van der Waals surface area (Å²) in [6.07, 6.45) is 1.02. The Morgan fingerprint density at radius 1 is 1.00 bits per heavy atom. The number of hydrogen-bond acceptors (Lipinski definition) is 9. The summed E-state index contributed by atoms with van der Waals surface area (Å²) in [6.45, 7) is 0.138. The van der Waals surface area contributed by atoms with Crippen molar-refractivity contribution in [2.75, 3.05) is 34.9 Å². The molecular weight excluding hydrogens is 588 g/mol. The van der Waals surface area contributed by atoms with Crippen molar-refractivity contribution < 1.29 is 24.1 Å². The summed E-state index contributed by atoms with van der Waals surface area (Å²) < 4.78 is 25.8. The zero-order chi connectivity index (χ0) is 32.3. The number of ether oxygens (including phenoxy) is 4. The smallest absolute Gasteiger partial charge is 0.280 e. The van der Waals surface area contributed by atoms with Gasteiger partial charge < -0.3 is 29.0 Å². The molecule has 2 aromatic heterocycles. The molecule has 0 spiro atoms. The summed E-state index contributed by atoms with van der Waals surface area (Å²) in [5.74, 6) is 1.56. The number of nitrogens with one attached hydrogen (secondary N) is 1. The van der Waals surface area contributed by atoms with Crippen LogP contribution in [0, 0.1) is 0 Å². The van der Waals surface area contributed by atoms with E-state index in [0.717, 1.165) is 28.2 Å². The van der Waals surface area contributed by atoms with Gasteiger partial charge >= 0.3 is 0 Å². The molecule has 0 bridgehead atoms. The van der Waals surface area contributed by atoms with Gasteiger partial charge in [0.15, 0.2) is 17.4 Å². The topological polar surface area (TPSA) is 136 Å². The molecular formula is C34H36N6O6. The van der Waals surface area contributed by atoms with Crippen LogP contribution in [0.25, 0.3) is 11.2 Å². The summed E-state index contributed by atoms with van der Waals surface area (Å²) in [6, 6.07) is 25.5. The van der Waals surface area contributed by atoms with E-state index in [1.165, 1.54) is 12.7 Å². The Hall–Kier alpha value is -5.04. The summed E-state index contributed by atoms with van der Waals surface area (Å²) in [5, 5.41) is 11.2. The molecule has 0 radical (unpaired) electrons. The van der Waals surface area contributed by atoms with Crippen LogP contribution in [0.3, 0.4) is 0 Å². The summed E-state index contributed by atoms with van der Waals surface area (Å²) in [4.78, 5) is 30.0. The van der Waals surface area contributed by atoms with Crippen molar-refractivity contribution >= 4 is 23.5 Å². The van der Waals surface area contributed by atoms with Crippen molar-refractivity contribution in [1.29, 1.82) is 0 Å². The number of imidazole rings is 1. The fourth-order valence-corrected chi connectivity index (χ4v) is 5.71. The monoisotopic (exact) mass is 624 g/mol. The predicted octanol–water partition coefficient (Wildman–Crippen LogP) is 4.02. The van der Waals surface area contributed by atoms with Gasteiger partial charge in [0.1, 0.15) is 23.2 Å². The molecule has 3 heterocycles. The SMILES string of the molecule is COc1ccc(C(OC[C@@H]2C[C@@H](O)[C@H](n3cnc4c(=O)[nH]c(/N=C/N(C)C)nc43)O2)(c2ccccc2)c2ccc(OC)cc2)cc1. The number of aliphatic imine (C=N–C) groups is 1. The molecule has 238 valence electrons. The number of rotatable bonds is 11. The minimum Gasteiger partial charge on any atom is -0.497 e. The third-order valence-corrected chi connectivity index (χ3v) is 7.93. The highest BCUT2D eigenvalue weighted by Crippen LogP contribution is 2.43. The molecule has 0 amide bonds. The van der Waals surface area contributed by atoms with Crippen molar-refractivity contribution in [2.24, 2.45) is 4.99 Å². The Morgan fingerprint density at radius 2 is 1.61 bits per heavy atom. The number of fused-ring (bicyclic) bond motifs is 1. The average molecular weight is 625 g/mol. The summed E-state index contributed by atoms with van der Waals surface area (Å²) >= 11 is 0. The number of aromatic nitrogens is 4. The molecule has 1 fully saturated rings. The molecule has 1 aliphatic rings. The fraction of sp³-hybridized carbons (Fsp3) is 0.294. The van der Waals surface area contributed by atoms with Crippen LogP contribution in [-0.2, 0) is 15.1 Å². The van der Waals surface area contributed by atoms with Crippen LogP contribution in [0.1, 0.15) is 29.3 Å². The van der Waals surface area contributed by atoms with Crippen molar-refractivity contribution in [1.82, 2.24) is 24.4 Å². The molecule has 1 aliphatic heterocycles. The van der Waals surface area contributed by atoms with E-state index in [-0.39, 0.29) is 30.1 Å². The van der Waals surface area contributed by atoms with Gasteiger partial charge in [0, 0.05) is 20.5 Å². The lowest BCUT2D eigenvalue weighted by atomic mass is 9.80. The van der Waals surface area contributed by atoms with E-state index < -0.39 is 29.6 Å². The predicted molar refractivity (Wildman–Crippen MR) is 173 cm³/mol. The largest absolute Gasteiger partial charge is 0.497 e. The molecule has 5 aromatic rings. The fourth-order valence-electron chi connectivity index (χ4n) is 5.71. The maximum absolute atomic E-state index is 12.7. The van der Waals surface area contributed by atoms with Gasteiger partial charge in [-0.05, 0) is 41.0 Å². The van der Waals surface area contributed by atoms with Gasteiger partial charge in [0.2, 0.25) is 5.95 Å². The normalized spacial score (nSPS) is 18.3. The minimum absolute atomic E-state index is 0.118. The molecule has 3 aromatic carbocycles. The number of H-pyrrole nitrogens is 1. The molecule has 1 saturated heterocycles. The maximum atomic E-state index is 12.7. The lowest BCUT2D eigenvalue weighted by Gasteiger charge is -2.37. The second kappa shape index (κ2) is 13.1. The van der Waals surface area contributed by atoms with E-state index in [1.807, 2.05) is 93.0 Å². The van der Waals surface area contributed by atoms with Gasteiger partial charge in [-0.1, -0.05) is 54.6 Å². The standard InChI is InChI=1S/C34H36N6O6/c1-39(2)20-36-33-37-30-29(31(42)38-33)35-21-40(30)32-28(41)18-27(46-32)19-45-34(22-8-6-5-7-9-22,23-10-14-25(43-3)15-11-23)24-12-16-26(44-4)17-13-24/h5-17,20-21,27-28,32,41H,18-19H2,1-4H3,(H,37,38,42)/b36-20+/t27-,28+,32+/m0/s1. The Kier molecular flexibility index (Phi) is 8.84. The average Bonchev–Trinajstić information content (AvgIpc) is 3.68. The number of aliphatic hydroxyl groups is 1. The van der Waals surface area contributed by atoms with Gasteiger partial charge in [-0.2, -0.15) is 4.98 Å². The molecule has 3 atom stereocenters. The van der Waals surface area contributed by atoms with E-state index in [9.17, 15) is 9.90 Å². The van der Waals surface area contributed by atoms with Crippen molar-refractivity contribution in [2.45, 2.75) is 30.5 Å². The third-order valence-electron chi connectivity index (χ3n) is 7.93. The molecule has 12 heteroatoms. The second-order valence-corrected chi connectivity index (χ2v) is 11.2. The first-order chi connectivity index (χ1) is 22.3. The first-order valence-electron chi connectivity index (χ1n) is 14.8. The number of nitrogens with zero attached hydrogens (tertiary/aromatic N) is 5. The highest BCUT2D eigenvalue weighted by molar-refractivity contribution is 5.71. The van der Waals surface area contributed by atoms with Crippen LogP contribution in [0.4, 0.5) is 5.95 Å². The lowest BCUT2D eigenvalue weighted by molar-refractivity contribution is -0.0851.